The first kappa shape index (κ1) is 18.0. The predicted molar refractivity (Wildman–Crippen MR) is 93.2 cm³/mol. The third-order valence-corrected chi connectivity index (χ3v) is 4.46. The van der Waals surface area contributed by atoms with E-state index in [2.05, 4.69) is 5.32 Å². The number of rotatable bonds is 5. The predicted octanol–water partition coefficient (Wildman–Crippen LogP) is 3.82. The number of benzene rings is 1. The van der Waals surface area contributed by atoms with Crippen molar-refractivity contribution < 1.29 is 18.7 Å². The van der Waals surface area contributed by atoms with Gasteiger partial charge in [-0.3, -0.25) is 4.79 Å². The summed E-state index contributed by atoms with van der Waals surface area (Å²) in [6, 6.07) is 3.98. The van der Waals surface area contributed by atoms with Crippen molar-refractivity contribution in [2.75, 3.05) is 7.11 Å². The Morgan fingerprint density at radius 3 is 2.38 bits per heavy atom. The summed E-state index contributed by atoms with van der Waals surface area (Å²) >= 11 is 0. The molecule has 1 aromatic carbocycles. The first-order valence-electron chi connectivity index (χ1n) is 8.15. The van der Waals surface area contributed by atoms with E-state index >= 15 is 0 Å². The molecule has 0 aliphatic rings. The van der Waals surface area contributed by atoms with E-state index in [9.17, 15) is 9.59 Å². The number of hydrogen-bond acceptors (Lipinski definition) is 4. The van der Waals surface area contributed by atoms with E-state index in [1.165, 1.54) is 7.11 Å². The van der Waals surface area contributed by atoms with Crippen LogP contribution in [0.15, 0.2) is 16.5 Å². The zero-order chi connectivity index (χ0) is 18.1. The van der Waals surface area contributed by atoms with Crippen LogP contribution in [0.5, 0.6) is 0 Å². The second-order valence-electron chi connectivity index (χ2n) is 6.49. The van der Waals surface area contributed by atoms with Gasteiger partial charge in [0, 0.05) is 10.9 Å². The maximum atomic E-state index is 12.8. The Hall–Kier alpha value is -2.30. The lowest BCUT2D eigenvalue weighted by Crippen LogP contribution is -2.52. The smallest absolute Gasteiger partial charge is 0.331 e. The normalized spacial score (nSPS) is 13.6. The highest BCUT2D eigenvalue weighted by Crippen LogP contribution is 2.31. The van der Waals surface area contributed by atoms with Gasteiger partial charge < -0.3 is 14.5 Å². The number of aryl methyl sites for hydroxylation is 3. The first-order chi connectivity index (χ1) is 11.2. The lowest BCUT2D eigenvalue weighted by atomic mass is 9.95. The molecule has 130 valence electrons. The average Bonchev–Trinajstić information content (AvgIpc) is 2.89. The van der Waals surface area contributed by atoms with Crippen molar-refractivity contribution in [3.8, 4) is 0 Å². The van der Waals surface area contributed by atoms with Crippen molar-refractivity contribution in [3.63, 3.8) is 0 Å². The fourth-order valence-electron chi connectivity index (χ4n) is 3.14. The molecule has 1 heterocycles. The van der Waals surface area contributed by atoms with Gasteiger partial charge in [0.15, 0.2) is 5.76 Å². The van der Waals surface area contributed by atoms with Crippen molar-refractivity contribution in [3.05, 3.63) is 34.6 Å². The minimum Gasteiger partial charge on any atom is -0.467 e. The summed E-state index contributed by atoms with van der Waals surface area (Å²) in [6.45, 7) is 9.42. The Bertz CT molecular complexity index is 790. The highest BCUT2D eigenvalue weighted by molar-refractivity contribution is 6.02. The first-order valence-corrected chi connectivity index (χ1v) is 8.15. The summed E-state index contributed by atoms with van der Waals surface area (Å²) in [5.74, 6) is -0.615. The monoisotopic (exact) mass is 331 g/mol. The van der Waals surface area contributed by atoms with Crippen LogP contribution < -0.4 is 5.32 Å². The van der Waals surface area contributed by atoms with Gasteiger partial charge in [0.25, 0.3) is 5.91 Å². The number of carbonyl (C=O) groups excluding carboxylic acids is 2. The Balaban J connectivity index is 2.45. The summed E-state index contributed by atoms with van der Waals surface area (Å²) < 4.78 is 10.7. The molecule has 1 aromatic heterocycles. The van der Waals surface area contributed by atoms with Crippen LogP contribution >= 0.6 is 0 Å². The van der Waals surface area contributed by atoms with Gasteiger partial charge in [-0.1, -0.05) is 25.5 Å². The number of esters is 1. The van der Waals surface area contributed by atoms with E-state index in [4.69, 9.17) is 9.15 Å². The zero-order valence-electron chi connectivity index (χ0n) is 15.2. The number of carbonyl (C=O) groups is 2. The molecule has 0 radical (unpaired) electrons. The molecule has 5 heteroatoms. The van der Waals surface area contributed by atoms with Gasteiger partial charge in [0.05, 0.1) is 7.11 Å². The van der Waals surface area contributed by atoms with E-state index in [1.807, 2.05) is 39.8 Å². The van der Waals surface area contributed by atoms with E-state index in [0.29, 0.717) is 12.0 Å². The molecule has 1 N–H and O–H groups in total. The van der Waals surface area contributed by atoms with Crippen LogP contribution in [0.4, 0.5) is 0 Å². The average molecular weight is 331 g/mol. The number of methoxy groups -OCH3 is 1. The summed E-state index contributed by atoms with van der Waals surface area (Å²) in [6.07, 6.45) is 1.23. The quantitative estimate of drug-likeness (QED) is 0.846. The molecular weight excluding hydrogens is 306 g/mol. The van der Waals surface area contributed by atoms with E-state index in [0.717, 1.165) is 28.5 Å². The minimum absolute atomic E-state index is 0.244. The molecule has 1 amide bonds. The fraction of sp³-hybridized carbons (Fsp3) is 0.474. The van der Waals surface area contributed by atoms with Gasteiger partial charge in [0.1, 0.15) is 11.1 Å². The van der Waals surface area contributed by atoms with Crippen molar-refractivity contribution in [1.82, 2.24) is 5.32 Å². The molecule has 0 aliphatic carbocycles. The van der Waals surface area contributed by atoms with E-state index in [1.54, 1.807) is 6.92 Å². The molecular formula is C19H25NO4. The van der Waals surface area contributed by atoms with Crippen LogP contribution in [0.2, 0.25) is 0 Å². The molecule has 2 aromatic rings. The van der Waals surface area contributed by atoms with Gasteiger partial charge in [0.2, 0.25) is 0 Å². The number of furan rings is 1. The summed E-state index contributed by atoms with van der Waals surface area (Å²) in [5.41, 5.74) is 2.46. The molecule has 24 heavy (non-hydrogen) atoms. The lowest BCUT2D eigenvalue weighted by molar-refractivity contribution is -0.147. The highest BCUT2D eigenvalue weighted by Gasteiger charge is 2.36. The van der Waals surface area contributed by atoms with Crippen LogP contribution in [0.3, 0.4) is 0 Å². The zero-order valence-corrected chi connectivity index (χ0v) is 15.2. The Morgan fingerprint density at radius 2 is 1.83 bits per heavy atom. The minimum atomic E-state index is -1.07. The molecule has 1 unspecified atom stereocenters. The Kier molecular flexibility index (Phi) is 5.02. The van der Waals surface area contributed by atoms with Crippen LogP contribution in [-0.4, -0.2) is 24.5 Å². The summed E-state index contributed by atoms with van der Waals surface area (Å²) in [7, 11) is 1.32. The Morgan fingerprint density at radius 1 is 1.21 bits per heavy atom. The standard InChI is InChI=1S/C19H25NO4/c1-7-10-19(5,18(22)23-6)20-17(21)16-13(4)14-11(2)8-9-12(3)15(14)24-16/h8-9H,7,10H2,1-6H3,(H,20,21). The van der Waals surface area contributed by atoms with Crippen LogP contribution in [0, 0.1) is 20.8 Å². The molecule has 0 aliphatic heterocycles. The topological polar surface area (TPSA) is 68.5 Å². The maximum absolute atomic E-state index is 12.8. The van der Waals surface area contributed by atoms with Gasteiger partial charge in [-0.2, -0.15) is 0 Å². The van der Waals surface area contributed by atoms with Gasteiger partial charge in [-0.05, 0) is 45.2 Å². The van der Waals surface area contributed by atoms with Crippen LogP contribution in [0.25, 0.3) is 11.0 Å². The second kappa shape index (κ2) is 6.67. The molecule has 1 atom stereocenters. The van der Waals surface area contributed by atoms with Crippen molar-refractivity contribution >= 4 is 22.8 Å². The molecule has 0 fully saturated rings. The van der Waals surface area contributed by atoms with Crippen LogP contribution in [0.1, 0.15) is 53.9 Å². The largest absolute Gasteiger partial charge is 0.467 e. The SMILES string of the molecule is CCCC(C)(NC(=O)c1oc2c(C)ccc(C)c2c1C)C(=O)OC. The summed E-state index contributed by atoms with van der Waals surface area (Å²) in [4.78, 5) is 24.8. The number of nitrogens with one attached hydrogen (secondary N) is 1. The number of amides is 1. The molecule has 0 spiro atoms. The third-order valence-electron chi connectivity index (χ3n) is 4.46. The molecule has 0 saturated carbocycles. The third kappa shape index (κ3) is 3.03. The number of ether oxygens (including phenoxy) is 1. The van der Waals surface area contributed by atoms with Gasteiger partial charge in [-0.15, -0.1) is 0 Å². The van der Waals surface area contributed by atoms with Gasteiger partial charge >= 0.3 is 5.97 Å². The second-order valence-corrected chi connectivity index (χ2v) is 6.49. The summed E-state index contributed by atoms with van der Waals surface area (Å²) in [5, 5.41) is 3.75. The number of fused-ring (bicyclic) bond motifs is 1. The molecule has 2 rings (SSSR count). The molecule has 0 saturated heterocycles. The van der Waals surface area contributed by atoms with E-state index < -0.39 is 17.4 Å². The van der Waals surface area contributed by atoms with E-state index in [-0.39, 0.29) is 5.76 Å². The van der Waals surface area contributed by atoms with Crippen molar-refractivity contribution in [1.29, 1.82) is 0 Å². The van der Waals surface area contributed by atoms with Crippen LogP contribution in [-0.2, 0) is 9.53 Å². The van der Waals surface area contributed by atoms with Gasteiger partial charge in [-0.25, -0.2) is 4.79 Å². The van der Waals surface area contributed by atoms with Crippen molar-refractivity contribution in [2.24, 2.45) is 0 Å². The highest BCUT2D eigenvalue weighted by atomic mass is 16.5. The fourth-order valence-corrected chi connectivity index (χ4v) is 3.14. The lowest BCUT2D eigenvalue weighted by Gasteiger charge is -2.27. The maximum Gasteiger partial charge on any atom is 0.331 e. The molecule has 0 bridgehead atoms. The molecule has 5 nitrogen and oxygen atoms in total. The van der Waals surface area contributed by atoms with Crippen molar-refractivity contribution in [2.45, 2.75) is 53.0 Å². The Labute approximate surface area is 142 Å². The number of hydrogen-bond donors (Lipinski definition) is 1.